The molecule has 0 N–H and O–H groups in total. The number of benzene rings is 2. The smallest absolute Gasteiger partial charge is 0.197 e. The molecule has 0 saturated heterocycles. The van der Waals surface area contributed by atoms with Gasteiger partial charge < -0.3 is 4.74 Å². The number of hydrogen-bond acceptors (Lipinski definition) is 2. The van der Waals surface area contributed by atoms with Crippen molar-refractivity contribution < 1.29 is 18.3 Å². The number of halogens is 2. The van der Waals surface area contributed by atoms with Crippen molar-refractivity contribution in [2.75, 3.05) is 7.11 Å². The summed E-state index contributed by atoms with van der Waals surface area (Å²) in [5, 5.41) is 0. The number of hydrogen-bond donors (Lipinski definition) is 0. The molecule has 0 fully saturated rings. The van der Waals surface area contributed by atoms with Gasteiger partial charge in [-0.2, -0.15) is 0 Å². The van der Waals surface area contributed by atoms with Crippen LogP contribution in [0.15, 0.2) is 30.3 Å². The first kappa shape index (κ1) is 14.2. The van der Waals surface area contributed by atoms with Crippen LogP contribution in [0.5, 0.6) is 5.75 Å². The zero-order valence-corrected chi connectivity index (χ0v) is 11.5. The van der Waals surface area contributed by atoms with E-state index < -0.39 is 17.4 Å². The minimum Gasteiger partial charge on any atom is -0.496 e. The van der Waals surface area contributed by atoms with Crippen molar-refractivity contribution in [3.63, 3.8) is 0 Å². The lowest BCUT2D eigenvalue weighted by molar-refractivity contribution is 0.103. The van der Waals surface area contributed by atoms with Gasteiger partial charge in [-0.05, 0) is 43.2 Å². The SMILES string of the molecule is COc1cc(C)cc(C)c1C(=O)c1cc(F)cc(F)c1. The first-order valence-corrected chi connectivity index (χ1v) is 6.08. The van der Waals surface area contributed by atoms with Crippen LogP contribution in [-0.4, -0.2) is 12.9 Å². The molecule has 2 rings (SSSR count). The van der Waals surface area contributed by atoms with Crippen LogP contribution in [0.3, 0.4) is 0 Å². The summed E-state index contributed by atoms with van der Waals surface area (Å²) >= 11 is 0. The maximum absolute atomic E-state index is 13.2. The third kappa shape index (κ3) is 2.69. The average Bonchev–Trinajstić information content (AvgIpc) is 2.35. The third-order valence-corrected chi connectivity index (χ3v) is 3.02. The molecule has 0 radical (unpaired) electrons. The standard InChI is InChI=1S/C16H14F2O2/c1-9-4-10(2)15(14(5-9)20-3)16(19)11-6-12(17)8-13(18)7-11/h4-8H,1-3H3. The molecule has 2 aromatic rings. The summed E-state index contributed by atoms with van der Waals surface area (Å²) in [5.74, 6) is -1.62. The minimum absolute atomic E-state index is 0.0345. The summed E-state index contributed by atoms with van der Waals surface area (Å²) in [6.45, 7) is 3.64. The van der Waals surface area contributed by atoms with Gasteiger partial charge in [0.15, 0.2) is 5.78 Å². The lowest BCUT2D eigenvalue weighted by atomic mass is 9.96. The van der Waals surface area contributed by atoms with E-state index in [1.165, 1.54) is 7.11 Å². The molecule has 0 unspecified atom stereocenters. The molecule has 0 atom stereocenters. The molecular formula is C16H14F2O2. The molecule has 104 valence electrons. The van der Waals surface area contributed by atoms with Crippen molar-refractivity contribution in [1.82, 2.24) is 0 Å². The number of methoxy groups -OCH3 is 1. The third-order valence-electron chi connectivity index (χ3n) is 3.02. The molecule has 0 aliphatic carbocycles. The summed E-state index contributed by atoms with van der Waals surface area (Å²) in [6.07, 6.45) is 0. The van der Waals surface area contributed by atoms with Crippen molar-refractivity contribution in [3.05, 3.63) is 64.2 Å². The predicted molar refractivity (Wildman–Crippen MR) is 72.3 cm³/mol. The van der Waals surface area contributed by atoms with Crippen molar-refractivity contribution in [3.8, 4) is 5.75 Å². The van der Waals surface area contributed by atoms with E-state index in [-0.39, 0.29) is 5.56 Å². The molecule has 0 aliphatic heterocycles. The highest BCUT2D eigenvalue weighted by Crippen LogP contribution is 2.27. The van der Waals surface area contributed by atoms with Crippen LogP contribution in [-0.2, 0) is 0 Å². The zero-order valence-electron chi connectivity index (χ0n) is 11.5. The highest BCUT2D eigenvalue weighted by Gasteiger charge is 2.19. The quantitative estimate of drug-likeness (QED) is 0.797. The van der Waals surface area contributed by atoms with E-state index in [0.29, 0.717) is 16.9 Å². The number of carbonyl (C=O) groups is 1. The maximum atomic E-state index is 13.2. The Morgan fingerprint density at radius 3 is 2.15 bits per heavy atom. The summed E-state index contributed by atoms with van der Waals surface area (Å²) < 4.78 is 31.7. The van der Waals surface area contributed by atoms with E-state index >= 15 is 0 Å². The van der Waals surface area contributed by atoms with Crippen LogP contribution >= 0.6 is 0 Å². The second-order valence-corrected chi connectivity index (χ2v) is 4.65. The number of aryl methyl sites for hydroxylation is 2. The molecular weight excluding hydrogens is 262 g/mol. The Kier molecular flexibility index (Phi) is 3.84. The lowest BCUT2D eigenvalue weighted by Gasteiger charge is -2.12. The van der Waals surface area contributed by atoms with Gasteiger partial charge in [0.05, 0.1) is 12.7 Å². The largest absolute Gasteiger partial charge is 0.496 e. The van der Waals surface area contributed by atoms with Crippen molar-refractivity contribution in [1.29, 1.82) is 0 Å². The molecule has 0 heterocycles. The van der Waals surface area contributed by atoms with Crippen LogP contribution in [0.25, 0.3) is 0 Å². The minimum atomic E-state index is -0.780. The van der Waals surface area contributed by atoms with Crippen LogP contribution in [0.1, 0.15) is 27.0 Å². The maximum Gasteiger partial charge on any atom is 0.197 e. The molecule has 0 aromatic heterocycles. The Hall–Kier alpha value is -2.23. The summed E-state index contributed by atoms with van der Waals surface area (Å²) in [7, 11) is 1.46. The fraction of sp³-hybridized carbons (Fsp3) is 0.188. The van der Waals surface area contributed by atoms with E-state index in [1.807, 2.05) is 13.0 Å². The van der Waals surface area contributed by atoms with Crippen LogP contribution < -0.4 is 4.74 Å². The Balaban J connectivity index is 2.58. The van der Waals surface area contributed by atoms with Gasteiger partial charge in [0.2, 0.25) is 0 Å². The molecule has 0 bridgehead atoms. The second-order valence-electron chi connectivity index (χ2n) is 4.65. The molecule has 0 saturated carbocycles. The number of ketones is 1. The molecule has 0 amide bonds. The van der Waals surface area contributed by atoms with Gasteiger partial charge in [0.1, 0.15) is 17.4 Å². The Bertz CT molecular complexity index is 658. The summed E-state index contributed by atoms with van der Waals surface area (Å²) in [5.41, 5.74) is 1.94. The second kappa shape index (κ2) is 5.41. The first-order valence-electron chi connectivity index (χ1n) is 6.08. The molecule has 0 spiro atoms. The van der Waals surface area contributed by atoms with E-state index in [4.69, 9.17) is 4.74 Å². The van der Waals surface area contributed by atoms with Crippen LogP contribution in [0.2, 0.25) is 0 Å². The van der Waals surface area contributed by atoms with Gasteiger partial charge >= 0.3 is 0 Å². The monoisotopic (exact) mass is 276 g/mol. The molecule has 4 heteroatoms. The van der Waals surface area contributed by atoms with Gasteiger partial charge in [-0.15, -0.1) is 0 Å². The Morgan fingerprint density at radius 1 is 1.00 bits per heavy atom. The number of carbonyl (C=O) groups excluding carboxylic acids is 1. The molecule has 20 heavy (non-hydrogen) atoms. The Morgan fingerprint density at radius 2 is 1.60 bits per heavy atom. The molecule has 2 aromatic carbocycles. The van der Waals surface area contributed by atoms with E-state index in [0.717, 1.165) is 23.8 Å². The van der Waals surface area contributed by atoms with Gasteiger partial charge in [0.25, 0.3) is 0 Å². The van der Waals surface area contributed by atoms with Gasteiger partial charge in [-0.1, -0.05) is 6.07 Å². The Labute approximate surface area is 116 Å². The topological polar surface area (TPSA) is 26.3 Å². The van der Waals surface area contributed by atoms with Crippen LogP contribution in [0, 0.1) is 25.5 Å². The number of rotatable bonds is 3. The van der Waals surface area contributed by atoms with Gasteiger partial charge in [-0.3, -0.25) is 4.79 Å². The van der Waals surface area contributed by atoms with E-state index in [9.17, 15) is 13.6 Å². The fourth-order valence-electron chi connectivity index (χ4n) is 2.21. The predicted octanol–water partition coefficient (Wildman–Crippen LogP) is 3.82. The highest BCUT2D eigenvalue weighted by atomic mass is 19.1. The fourth-order valence-corrected chi connectivity index (χ4v) is 2.21. The highest BCUT2D eigenvalue weighted by molar-refractivity contribution is 6.11. The first-order chi connectivity index (χ1) is 9.42. The average molecular weight is 276 g/mol. The van der Waals surface area contributed by atoms with Gasteiger partial charge in [-0.25, -0.2) is 8.78 Å². The van der Waals surface area contributed by atoms with Gasteiger partial charge in [0, 0.05) is 11.6 Å². The normalized spacial score (nSPS) is 10.4. The van der Waals surface area contributed by atoms with E-state index in [1.54, 1.807) is 13.0 Å². The summed E-state index contributed by atoms with van der Waals surface area (Å²) in [4.78, 5) is 12.4. The van der Waals surface area contributed by atoms with E-state index in [2.05, 4.69) is 0 Å². The lowest BCUT2D eigenvalue weighted by Crippen LogP contribution is -2.08. The van der Waals surface area contributed by atoms with Crippen molar-refractivity contribution in [2.24, 2.45) is 0 Å². The molecule has 0 aliphatic rings. The van der Waals surface area contributed by atoms with Crippen molar-refractivity contribution >= 4 is 5.78 Å². The zero-order chi connectivity index (χ0) is 14.9. The van der Waals surface area contributed by atoms with Crippen LogP contribution in [0.4, 0.5) is 8.78 Å². The number of ether oxygens (including phenoxy) is 1. The van der Waals surface area contributed by atoms with Crippen molar-refractivity contribution in [2.45, 2.75) is 13.8 Å². The summed E-state index contributed by atoms with van der Waals surface area (Å²) in [6, 6.07) is 6.31. The molecule has 2 nitrogen and oxygen atoms in total.